The molecule has 0 bridgehead atoms. The minimum atomic E-state index is -0.683. The number of hydrogen-bond donors (Lipinski definition) is 2. The van der Waals surface area contributed by atoms with E-state index in [2.05, 4.69) is 9.61 Å². The summed E-state index contributed by atoms with van der Waals surface area (Å²) in [6.07, 6.45) is 6.06. The smallest absolute Gasteiger partial charge is 0.341 e. The molecular formula is C8H11ClN2O2. The van der Waals surface area contributed by atoms with Crippen molar-refractivity contribution in [3.63, 3.8) is 0 Å². The van der Waals surface area contributed by atoms with Crippen LogP contribution in [-0.2, 0) is 9.08 Å². The zero-order valence-corrected chi connectivity index (χ0v) is 7.75. The fourth-order valence-electron chi connectivity index (χ4n) is 1.06. The Morgan fingerprint density at radius 3 is 3.15 bits per heavy atom. The normalized spacial score (nSPS) is 17.2. The summed E-state index contributed by atoms with van der Waals surface area (Å²) in [4.78, 5) is 10.8. The van der Waals surface area contributed by atoms with Gasteiger partial charge >= 0.3 is 5.97 Å². The monoisotopic (exact) mass is 202 g/mol. The highest BCUT2D eigenvalue weighted by Crippen LogP contribution is 2.07. The predicted molar refractivity (Wildman–Crippen MR) is 49.8 cm³/mol. The van der Waals surface area contributed by atoms with Gasteiger partial charge in [0, 0.05) is 6.54 Å². The number of carbonyl (C=O) groups excluding carboxylic acids is 1. The molecule has 13 heavy (non-hydrogen) atoms. The van der Waals surface area contributed by atoms with E-state index in [1.807, 2.05) is 18.4 Å². The second-order valence-corrected chi connectivity index (χ2v) is 2.93. The molecule has 5 heteroatoms. The number of rotatable bonds is 3. The van der Waals surface area contributed by atoms with Gasteiger partial charge in [-0.15, -0.1) is 0 Å². The van der Waals surface area contributed by atoms with E-state index in [9.17, 15) is 4.79 Å². The summed E-state index contributed by atoms with van der Waals surface area (Å²) < 4.78 is 4.00. The second-order valence-electron chi connectivity index (χ2n) is 2.77. The van der Waals surface area contributed by atoms with Crippen molar-refractivity contribution in [2.45, 2.75) is 12.5 Å². The Hall–Kier alpha value is -1.00. The van der Waals surface area contributed by atoms with Gasteiger partial charge in [0.15, 0.2) is 0 Å². The van der Waals surface area contributed by atoms with Crippen LogP contribution < -0.4 is 11.1 Å². The van der Waals surface area contributed by atoms with Crippen LogP contribution in [-0.4, -0.2) is 18.6 Å². The summed E-state index contributed by atoms with van der Waals surface area (Å²) >= 11 is 4.89. The average Bonchev–Trinajstić information content (AvgIpc) is 2.18. The molecule has 1 unspecified atom stereocenters. The molecule has 0 saturated heterocycles. The summed E-state index contributed by atoms with van der Waals surface area (Å²) in [7, 11) is 0. The fourth-order valence-corrected chi connectivity index (χ4v) is 1.18. The quantitative estimate of drug-likeness (QED) is 0.697. The van der Waals surface area contributed by atoms with Crippen LogP contribution in [0.5, 0.6) is 0 Å². The molecule has 4 nitrogen and oxygen atoms in total. The van der Waals surface area contributed by atoms with Crippen LogP contribution in [0.4, 0.5) is 0 Å². The van der Waals surface area contributed by atoms with Gasteiger partial charge in [-0.1, -0.05) is 6.08 Å². The first-order valence-electron chi connectivity index (χ1n) is 3.90. The van der Waals surface area contributed by atoms with Crippen LogP contribution in [0.15, 0.2) is 23.9 Å². The van der Waals surface area contributed by atoms with E-state index < -0.39 is 12.0 Å². The van der Waals surface area contributed by atoms with E-state index in [1.165, 1.54) is 0 Å². The van der Waals surface area contributed by atoms with Crippen LogP contribution in [0.3, 0.4) is 0 Å². The zero-order valence-electron chi connectivity index (χ0n) is 7.00. The molecule has 1 heterocycles. The molecule has 0 aromatic heterocycles. The highest BCUT2D eigenvalue weighted by Gasteiger charge is 2.16. The van der Waals surface area contributed by atoms with Crippen molar-refractivity contribution >= 4 is 17.8 Å². The number of nitrogens with two attached hydrogens (primary N) is 1. The van der Waals surface area contributed by atoms with Crippen LogP contribution in [0.1, 0.15) is 6.42 Å². The Balaban J connectivity index is 2.43. The lowest BCUT2D eigenvalue weighted by Crippen LogP contribution is -2.32. The summed E-state index contributed by atoms with van der Waals surface area (Å²) in [5.41, 5.74) is 6.56. The van der Waals surface area contributed by atoms with Gasteiger partial charge in [-0.2, -0.15) is 0 Å². The van der Waals surface area contributed by atoms with Crippen molar-refractivity contribution in [3.05, 3.63) is 23.9 Å². The first-order chi connectivity index (χ1) is 6.24. The molecule has 0 fully saturated rings. The van der Waals surface area contributed by atoms with Gasteiger partial charge in [-0.05, 0) is 24.3 Å². The third-order valence-corrected chi connectivity index (χ3v) is 1.89. The maximum absolute atomic E-state index is 10.8. The molecule has 72 valence electrons. The Morgan fingerprint density at radius 1 is 1.85 bits per heavy atom. The molecule has 0 saturated carbocycles. The van der Waals surface area contributed by atoms with Gasteiger partial charge in [-0.25, -0.2) is 4.79 Å². The van der Waals surface area contributed by atoms with Gasteiger partial charge in [-0.3, -0.25) is 0 Å². The lowest BCUT2D eigenvalue weighted by atomic mass is 10.1. The van der Waals surface area contributed by atoms with Crippen LogP contribution in [0.2, 0.25) is 0 Å². The van der Waals surface area contributed by atoms with Crippen molar-refractivity contribution in [3.8, 4) is 0 Å². The number of dihydropyridines is 1. The molecule has 1 atom stereocenters. The van der Waals surface area contributed by atoms with Gasteiger partial charge < -0.3 is 15.3 Å². The van der Waals surface area contributed by atoms with Crippen molar-refractivity contribution in [2.24, 2.45) is 5.73 Å². The molecule has 0 aromatic rings. The molecule has 0 amide bonds. The average molecular weight is 203 g/mol. The minimum Gasteiger partial charge on any atom is -0.387 e. The Morgan fingerprint density at radius 2 is 2.62 bits per heavy atom. The van der Waals surface area contributed by atoms with E-state index in [-0.39, 0.29) is 0 Å². The Bertz CT molecular complexity index is 251. The van der Waals surface area contributed by atoms with Crippen LogP contribution >= 0.6 is 11.9 Å². The van der Waals surface area contributed by atoms with Crippen LogP contribution in [0, 0.1) is 0 Å². The van der Waals surface area contributed by atoms with E-state index in [0.717, 1.165) is 5.57 Å². The number of halogens is 1. The zero-order chi connectivity index (χ0) is 9.68. The summed E-state index contributed by atoms with van der Waals surface area (Å²) in [5, 5.41) is 3.01. The van der Waals surface area contributed by atoms with E-state index in [4.69, 9.17) is 17.6 Å². The lowest BCUT2D eigenvalue weighted by Gasteiger charge is -2.13. The third kappa shape index (κ3) is 3.08. The molecule has 3 N–H and O–H groups in total. The van der Waals surface area contributed by atoms with E-state index >= 15 is 0 Å². The van der Waals surface area contributed by atoms with Gasteiger partial charge in [0.25, 0.3) is 0 Å². The molecule has 1 rings (SSSR count). The molecule has 0 aromatic carbocycles. The molecule has 0 spiro atoms. The van der Waals surface area contributed by atoms with Crippen molar-refractivity contribution < 1.29 is 9.08 Å². The highest BCUT2D eigenvalue weighted by molar-refractivity contribution is 6.13. The SMILES string of the molecule is NC(CC1=CC=CNC1)C(=O)OCl. The predicted octanol–water partition coefficient (Wildman–Crippen LogP) is 0.444. The fraction of sp³-hybridized carbons (Fsp3) is 0.375. The van der Waals surface area contributed by atoms with E-state index in [1.54, 1.807) is 0 Å². The second kappa shape index (κ2) is 4.89. The summed E-state index contributed by atoms with van der Waals surface area (Å²) in [6.45, 7) is 0.708. The molecule has 1 aliphatic heterocycles. The van der Waals surface area contributed by atoms with E-state index in [0.29, 0.717) is 13.0 Å². The number of carbonyl (C=O) groups is 1. The first-order valence-corrected chi connectivity index (χ1v) is 4.21. The van der Waals surface area contributed by atoms with Crippen molar-refractivity contribution in [1.82, 2.24) is 5.32 Å². The molecule has 1 aliphatic rings. The third-order valence-electron chi connectivity index (χ3n) is 1.74. The lowest BCUT2D eigenvalue weighted by molar-refractivity contribution is -0.135. The number of allylic oxidation sites excluding steroid dienone is 2. The Labute approximate surface area is 81.5 Å². The van der Waals surface area contributed by atoms with Crippen molar-refractivity contribution in [2.75, 3.05) is 6.54 Å². The van der Waals surface area contributed by atoms with Gasteiger partial charge in [0.2, 0.25) is 0 Å². The maximum Gasteiger partial charge on any atom is 0.341 e. The summed E-state index contributed by atoms with van der Waals surface area (Å²) in [6, 6.07) is -0.683. The minimum absolute atomic E-state index is 0.461. The van der Waals surface area contributed by atoms with Gasteiger partial charge in [0.05, 0.1) is 0 Å². The van der Waals surface area contributed by atoms with Crippen LogP contribution in [0.25, 0.3) is 0 Å². The highest BCUT2D eigenvalue weighted by atomic mass is 35.5. The maximum atomic E-state index is 10.8. The molecule has 0 radical (unpaired) electrons. The number of nitrogens with one attached hydrogen (secondary N) is 1. The summed E-state index contributed by atoms with van der Waals surface area (Å²) in [5.74, 6) is -0.600. The van der Waals surface area contributed by atoms with Gasteiger partial charge in [0.1, 0.15) is 17.9 Å². The standard InChI is InChI=1S/C8H11ClN2O2/c9-13-8(12)7(10)4-6-2-1-3-11-5-6/h1-3,7,11H,4-5,10H2. The largest absolute Gasteiger partial charge is 0.387 e. The Kier molecular flexibility index (Phi) is 3.79. The van der Waals surface area contributed by atoms with Crippen molar-refractivity contribution in [1.29, 1.82) is 0 Å². The molecule has 0 aliphatic carbocycles. The number of hydrogen-bond acceptors (Lipinski definition) is 4. The topological polar surface area (TPSA) is 64.3 Å². The first kappa shape index (κ1) is 10.1. The molecular weight excluding hydrogens is 192 g/mol.